The lowest BCUT2D eigenvalue weighted by molar-refractivity contribution is 0.135. The molecule has 2 N–H and O–H groups in total. The monoisotopic (exact) mass is 367 g/mol. The molecule has 152 valence electrons. The molecule has 2 aliphatic heterocycles. The number of amides is 2. The maximum absolute atomic E-state index is 11.8. The Morgan fingerprint density at radius 2 is 1.58 bits per heavy atom. The first-order valence-corrected chi connectivity index (χ1v) is 10.9. The van der Waals surface area contributed by atoms with Crippen molar-refractivity contribution in [1.82, 2.24) is 25.3 Å². The second-order valence-corrected chi connectivity index (χ2v) is 7.90. The van der Waals surface area contributed by atoms with Crippen molar-refractivity contribution in [3.63, 3.8) is 0 Å². The van der Waals surface area contributed by atoms with Crippen molar-refractivity contribution < 1.29 is 4.79 Å². The van der Waals surface area contributed by atoms with Gasteiger partial charge in [0.25, 0.3) is 0 Å². The van der Waals surface area contributed by atoms with E-state index in [0.717, 1.165) is 39.0 Å². The number of unbranched alkanes of at least 4 members (excludes halogenated alkanes) is 1. The Bertz CT molecular complexity index is 384. The Morgan fingerprint density at radius 1 is 0.885 bits per heavy atom. The lowest BCUT2D eigenvalue weighted by Crippen LogP contribution is -2.46. The van der Waals surface area contributed by atoms with Gasteiger partial charge in [0.1, 0.15) is 0 Å². The highest BCUT2D eigenvalue weighted by Gasteiger charge is 2.17. The molecule has 0 radical (unpaired) electrons. The van der Waals surface area contributed by atoms with E-state index >= 15 is 0 Å². The molecule has 2 heterocycles. The zero-order chi connectivity index (χ0) is 18.6. The summed E-state index contributed by atoms with van der Waals surface area (Å²) in [5.41, 5.74) is 0. The molecule has 1 atom stereocenters. The van der Waals surface area contributed by atoms with E-state index in [2.05, 4.69) is 39.2 Å². The summed E-state index contributed by atoms with van der Waals surface area (Å²) >= 11 is 0. The van der Waals surface area contributed by atoms with E-state index in [1.807, 2.05) is 0 Å². The third-order valence-corrected chi connectivity index (χ3v) is 5.95. The molecule has 0 saturated carbocycles. The Hall–Kier alpha value is -0.850. The van der Waals surface area contributed by atoms with Crippen LogP contribution in [0.2, 0.25) is 0 Å². The zero-order valence-corrected chi connectivity index (χ0v) is 17.1. The number of hydrogen-bond acceptors (Lipinski definition) is 4. The second-order valence-electron chi connectivity index (χ2n) is 7.90. The average Bonchev–Trinajstić information content (AvgIpc) is 2.67. The molecular formula is C20H41N5O. The van der Waals surface area contributed by atoms with Crippen LogP contribution >= 0.6 is 0 Å². The molecule has 0 bridgehead atoms. The fraction of sp³-hybridized carbons (Fsp3) is 0.950. The quantitative estimate of drug-likeness (QED) is 0.580. The van der Waals surface area contributed by atoms with Gasteiger partial charge in [0.15, 0.2) is 0 Å². The van der Waals surface area contributed by atoms with Crippen molar-refractivity contribution in [2.75, 3.05) is 65.4 Å². The largest absolute Gasteiger partial charge is 0.338 e. The summed E-state index contributed by atoms with van der Waals surface area (Å²) in [6.45, 7) is 15.6. The highest BCUT2D eigenvalue weighted by Crippen LogP contribution is 2.15. The number of nitrogens with one attached hydrogen (secondary N) is 2. The summed E-state index contributed by atoms with van der Waals surface area (Å²) in [5, 5.41) is 5.99. The predicted octanol–water partition coefficient (Wildman–Crippen LogP) is 1.97. The van der Waals surface area contributed by atoms with E-state index in [1.54, 1.807) is 0 Å². The van der Waals surface area contributed by atoms with Crippen LogP contribution in [-0.2, 0) is 0 Å². The summed E-state index contributed by atoms with van der Waals surface area (Å²) in [6, 6.07) is 0.704. The molecule has 2 fully saturated rings. The number of piperazine rings is 1. The molecule has 6 nitrogen and oxygen atoms in total. The first-order valence-electron chi connectivity index (χ1n) is 10.9. The predicted molar refractivity (Wildman–Crippen MR) is 109 cm³/mol. The number of rotatable bonds is 10. The Morgan fingerprint density at radius 3 is 2.27 bits per heavy atom. The summed E-state index contributed by atoms with van der Waals surface area (Å²) in [4.78, 5) is 19.5. The van der Waals surface area contributed by atoms with Crippen LogP contribution < -0.4 is 10.6 Å². The minimum Gasteiger partial charge on any atom is -0.338 e. The van der Waals surface area contributed by atoms with E-state index in [1.165, 1.54) is 65.0 Å². The number of piperidine rings is 1. The van der Waals surface area contributed by atoms with Gasteiger partial charge in [-0.25, -0.2) is 4.79 Å². The highest BCUT2D eigenvalue weighted by molar-refractivity contribution is 5.73. The Kier molecular flexibility index (Phi) is 10.3. The number of likely N-dealkylation sites (N-methyl/N-ethyl adjacent to an activating group) is 1. The van der Waals surface area contributed by atoms with Gasteiger partial charge in [-0.15, -0.1) is 0 Å². The van der Waals surface area contributed by atoms with E-state index in [4.69, 9.17) is 0 Å². The molecule has 26 heavy (non-hydrogen) atoms. The Labute approximate surface area is 160 Å². The maximum atomic E-state index is 11.8. The normalized spacial score (nSPS) is 23.1. The molecule has 2 rings (SSSR count). The van der Waals surface area contributed by atoms with Crippen LogP contribution in [0.3, 0.4) is 0 Å². The first kappa shape index (κ1) is 21.5. The minimum atomic E-state index is -0.00625. The van der Waals surface area contributed by atoms with Gasteiger partial charge in [-0.3, -0.25) is 0 Å². The van der Waals surface area contributed by atoms with E-state index < -0.39 is 0 Å². The Balaban J connectivity index is 1.39. The van der Waals surface area contributed by atoms with Gasteiger partial charge in [0, 0.05) is 51.9 Å². The fourth-order valence-corrected chi connectivity index (χ4v) is 4.03. The SMILES string of the molecule is CCN1CCN(CCCCNC(=O)NCCCN2CCCCC2C)CC1. The standard InChI is InChI=1S/C20H41N5O/c1-3-23-15-17-24(18-16-23)12-7-5-10-21-20(26)22-11-8-14-25-13-6-4-9-19(25)2/h19H,3-18H2,1-2H3,(H2,21,22,26). The van der Waals surface area contributed by atoms with E-state index in [-0.39, 0.29) is 6.03 Å². The van der Waals surface area contributed by atoms with Gasteiger partial charge in [-0.2, -0.15) is 0 Å². The van der Waals surface area contributed by atoms with Crippen LogP contribution in [0.1, 0.15) is 52.4 Å². The lowest BCUT2D eigenvalue weighted by Gasteiger charge is -2.34. The van der Waals surface area contributed by atoms with Crippen LogP contribution in [0.4, 0.5) is 4.79 Å². The highest BCUT2D eigenvalue weighted by atomic mass is 16.2. The molecule has 2 saturated heterocycles. The topological polar surface area (TPSA) is 50.9 Å². The summed E-state index contributed by atoms with van der Waals surface area (Å²) in [5.74, 6) is 0. The van der Waals surface area contributed by atoms with Crippen molar-refractivity contribution in [1.29, 1.82) is 0 Å². The van der Waals surface area contributed by atoms with Crippen molar-refractivity contribution in [3.05, 3.63) is 0 Å². The number of carbonyl (C=O) groups is 1. The molecule has 2 aliphatic rings. The van der Waals surface area contributed by atoms with Crippen LogP contribution in [0.25, 0.3) is 0 Å². The maximum Gasteiger partial charge on any atom is 0.314 e. The third-order valence-electron chi connectivity index (χ3n) is 5.95. The molecule has 6 heteroatoms. The van der Waals surface area contributed by atoms with Gasteiger partial charge in [0.2, 0.25) is 0 Å². The summed E-state index contributed by atoms with van der Waals surface area (Å²) in [7, 11) is 0. The minimum absolute atomic E-state index is 0.00625. The van der Waals surface area contributed by atoms with Gasteiger partial charge >= 0.3 is 6.03 Å². The van der Waals surface area contributed by atoms with Crippen molar-refractivity contribution in [3.8, 4) is 0 Å². The van der Waals surface area contributed by atoms with Crippen LogP contribution in [0.15, 0.2) is 0 Å². The van der Waals surface area contributed by atoms with E-state index in [0.29, 0.717) is 6.04 Å². The van der Waals surface area contributed by atoms with Crippen LogP contribution in [0, 0.1) is 0 Å². The van der Waals surface area contributed by atoms with Crippen LogP contribution in [0.5, 0.6) is 0 Å². The summed E-state index contributed by atoms with van der Waals surface area (Å²) in [6.07, 6.45) is 7.29. The van der Waals surface area contributed by atoms with Gasteiger partial charge < -0.3 is 25.3 Å². The average molecular weight is 368 g/mol. The van der Waals surface area contributed by atoms with Crippen molar-refractivity contribution in [2.45, 2.75) is 58.4 Å². The number of urea groups is 1. The molecule has 0 aliphatic carbocycles. The number of hydrogen-bond donors (Lipinski definition) is 2. The zero-order valence-electron chi connectivity index (χ0n) is 17.1. The molecule has 0 aromatic rings. The first-order chi connectivity index (χ1) is 12.7. The third kappa shape index (κ3) is 8.23. The molecule has 0 aromatic carbocycles. The fourth-order valence-electron chi connectivity index (χ4n) is 4.03. The summed E-state index contributed by atoms with van der Waals surface area (Å²) < 4.78 is 0. The number of likely N-dealkylation sites (tertiary alicyclic amines) is 1. The molecule has 1 unspecified atom stereocenters. The smallest absolute Gasteiger partial charge is 0.314 e. The number of nitrogens with zero attached hydrogens (tertiary/aromatic N) is 3. The number of carbonyl (C=O) groups excluding carboxylic acids is 1. The molecular weight excluding hydrogens is 326 g/mol. The molecule has 2 amide bonds. The molecule has 0 aromatic heterocycles. The molecule has 0 spiro atoms. The van der Waals surface area contributed by atoms with Gasteiger partial charge in [-0.1, -0.05) is 13.3 Å². The van der Waals surface area contributed by atoms with Gasteiger partial charge in [-0.05, 0) is 58.7 Å². The van der Waals surface area contributed by atoms with E-state index in [9.17, 15) is 4.79 Å². The second kappa shape index (κ2) is 12.5. The lowest BCUT2D eigenvalue weighted by atomic mass is 10.0. The van der Waals surface area contributed by atoms with Crippen molar-refractivity contribution >= 4 is 6.03 Å². The van der Waals surface area contributed by atoms with Crippen LogP contribution in [-0.4, -0.2) is 92.2 Å². The van der Waals surface area contributed by atoms with Crippen molar-refractivity contribution in [2.24, 2.45) is 0 Å². The van der Waals surface area contributed by atoms with Gasteiger partial charge in [0.05, 0.1) is 0 Å².